The van der Waals surface area contributed by atoms with Gasteiger partial charge in [0.05, 0.1) is 0 Å². The van der Waals surface area contributed by atoms with Crippen LogP contribution in [0.4, 0.5) is 0 Å². The molecule has 0 N–H and O–H groups in total. The smallest absolute Gasteiger partial charge is 1.00 e. The average Bonchev–Trinajstić information content (AvgIpc) is 2.78. The van der Waals surface area contributed by atoms with Gasteiger partial charge in [-0.15, -0.1) is 0 Å². The largest absolute Gasteiger partial charge is 1.00 e. The van der Waals surface area contributed by atoms with Crippen LogP contribution in [0.25, 0.3) is 0 Å². The van der Waals surface area contributed by atoms with E-state index in [1.807, 2.05) is 0 Å². The summed E-state index contributed by atoms with van der Waals surface area (Å²) in [5, 5.41) is 5.05. The van der Waals surface area contributed by atoms with Gasteiger partial charge >= 0.3 is 84.1 Å². The summed E-state index contributed by atoms with van der Waals surface area (Å²) in [5.74, 6) is 0. The van der Waals surface area contributed by atoms with Crippen molar-refractivity contribution in [3.8, 4) is 0 Å². The summed E-state index contributed by atoms with van der Waals surface area (Å²) in [6.45, 7) is 0. The Morgan fingerprint density at radius 1 is 0.667 bits per heavy atom. The first-order chi connectivity index (χ1) is 6.21. The molecule has 0 aromatic carbocycles. The Hall–Kier alpha value is 0.254. The van der Waals surface area contributed by atoms with Crippen molar-refractivity contribution in [1.82, 2.24) is 0 Å². The number of rotatable bonds is 2. The molecule has 15 heavy (non-hydrogen) atoms. The van der Waals surface area contributed by atoms with Crippen molar-refractivity contribution in [3.05, 3.63) is 48.6 Å². The van der Waals surface area contributed by atoms with Crippen molar-refractivity contribution in [2.75, 3.05) is 0 Å². The van der Waals surface area contributed by atoms with Gasteiger partial charge < -0.3 is 24.8 Å². The van der Waals surface area contributed by atoms with Gasteiger partial charge in [0.2, 0.25) is 0 Å². The molecule has 0 unspecified atom stereocenters. The molecule has 0 aromatic heterocycles. The van der Waals surface area contributed by atoms with E-state index in [2.05, 4.69) is 59.1 Å². The SMILES string of the molecule is [CH3][Ti]([CH3])([CH]1C=CC=C1)[CH]1C=CC=C1.[Cl-].[Cl-]. The maximum atomic E-state index is 2.52. The molecule has 2 aliphatic carbocycles. The molecular weight excluding hydrogens is 263 g/mol. The first-order valence-corrected chi connectivity index (χ1v) is 9.84. The first-order valence-electron chi connectivity index (χ1n) is 4.91. The quantitative estimate of drug-likeness (QED) is 0.517. The van der Waals surface area contributed by atoms with Gasteiger partial charge in [-0.05, 0) is 0 Å². The zero-order chi connectivity index (χ0) is 9.31. The van der Waals surface area contributed by atoms with E-state index in [1.54, 1.807) is 0 Å². The average molecular weight is 279 g/mol. The van der Waals surface area contributed by atoms with Gasteiger partial charge in [0.1, 0.15) is 0 Å². The van der Waals surface area contributed by atoms with Crippen LogP contribution in [-0.2, 0) is 16.6 Å². The van der Waals surface area contributed by atoms with Crippen molar-refractivity contribution < 1.29 is 41.4 Å². The van der Waals surface area contributed by atoms with Crippen molar-refractivity contribution in [2.24, 2.45) is 0 Å². The summed E-state index contributed by atoms with van der Waals surface area (Å²) in [4.78, 5) is 0. The molecule has 2 aliphatic rings. The molecule has 0 bridgehead atoms. The molecule has 0 spiro atoms. The Balaban J connectivity index is 0.000000980. The molecule has 0 amide bonds. The van der Waals surface area contributed by atoms with Crippen molar-refractivity contribution in [3.63, 3.8) is 0 Å². The van der Waals surface area contributed by atoms with Crippen LogP contribution in [0.1, 0.15) is 0 Å². The van der Waals surface area contributed by atoms with Gasteiger partial charge in [-0.25, -0.2) is 0 Å². The zero-order valence-electron chi connectivity index (χ0n) is 9.03. The fraction of sp³-hybridized carbons (Fsp3) is 0.333. The molecule has 0 fully saturated rings. The van der Waals surface area contributed by atoms with E-state index < -0.39 is 16.6 Å². The Labute approximate surface area is 108 Å². The standard InChI is InChI=1S/2C5H5.2CH3.2ClH.Ti/c2*1-2-4-5-3-1;;;;;/h2*1-5H;2*1H3;2*1H;/p-2. The maximum Gasteiger partial charge on any atom is -1.00 e. The normalized spacial score (nSPS) is 19.3. The first kappa shape index (κ1) is 15.3. The predicted molar refractivity (Wildman–Crippen MR) is 55.8 cm³/mol. The molecular formula is C12H16Cl2Ti-2. The Bertz CT molecular complexity index is 260. The summed E-state index contributed by atoms with van der Waals surface area (Å²) < 4.78 is 1.55. The van der Waals surface area contributed by atoms with Crippen LogP contribution in [0.5, 0.6) is 0 Å². The second-order valence-corrected chi connectivity index (χ2v) is 12.2. The van der Waals surface area contributed by atoms with Crippen molar-refractivity contribution in [2.45, 2.75) is 18.9 Å². The fourth-order valence-corrected chi connectivity index (χ4v) is 6.56. The number of hydrogen-bond donors (Lipinski definition) is 0. The van der Waals surface area contributed by atoms with E-state index in [4.69, 9.17) is 0 Å². The molecule has 84 valence electrons. The summed E-state index contributed by atoms with van der Waals surface area (Å²) in [7, 11) is 0. The minimum atomic E-state index is -1.71. The molecule has 0 atom stereocenters. The van der Waals surface area contributed by atoms with E-state index >= 15 is 0 Å². The zero-order valence-corrected chi connectivity index (χ0v) is 12.1. The minimum Gasteiger partial charge on any atom is -1.00 e. The van der Waals surface area contributed by atoms with Gasteiger partial charge in [0.25, 0.3) is 0 Å². The van der Waals surface area contributed by atoms with Gasteiger partial charge in [0, 0.05) is 0 Å². The van der Waals surface area contributed by atoms with E-state index in [0.29, 0.717) is 0 Å². The van der Waals surface area contributed by atoms with Gasteiger partial charge in [-0.3, -0.25) is 0 Å². The predicted octanol–water partition coefficient (Wildman–Crippen LogP) is -1.93. The van der Waals surface area contributed by atoms with Crippen LogP contribution in [0, 0.1) is 0 Å². The number of hydrogen-bond acceptors (Lipinski definition) is 0. The topological polar surface area (TPSA) is 0 Å². The third-order valence-electron chi connectivity index (χ3n) is 3.21. The third kappa shape index (κ3) is 3.11. The molecule has 2 rings (SSSR count). The van der Waals surface area contributed by atoms with Gasteiger partial charge in [-0.2, -0.15) is 0 Å². The molecule has 3 heteroatoms. The summed E-state index contributed by atoms with van der Waals surface area (Å²) in [6, 6.07) is 0. The van der Waals surface area contributed by atoms with E-state index in [1.165, 1.54) is 0 Å². The van der Waals surface area contributed by atoms with Gasteiger partial charge in [0.15, 0.2) is 0 Å². The molecule has 0 saturated heterocycles. The van der Waals surface area contributed by atoms with Crippen molar-refractivity contribution >= 4 is 0 Å². The summed E-state index contributed by atoms with van der Waals surface area (Å²) in [6.07, 6.45) is 18.3. The van der Waals surface area contributed by atoms with Crippen LogP contribution in [0.15, 0.2) is 48.6 Å². The van der Waals surface area contributed by atoms with E-state index in [0.717, 1.165) is 8.45 Å². The molecule has 0 saturated carbocycles. The third-order valence-corrected chi connectivity index (χ3v) is 9.78. The van der Waals surface area contributed by atoms with Crippen LogP contribution in [0.3, 0.4) is 0 Å². The summed E-state index contributed by atoms with van der Waals surface area (Å²) >= 11 is -1.71. The monoisotopic (exact) mass is 278 g/mol. The maximum absolute atomic E-state index is 2.52. The van der Waals surface area contributed by atoms with Crippen LogP contribution >= 0.6 is 0 Å². The van der Waals surface area contributed by atoms with Crippen molar-refractivity contribution in [1.29, 1.82) is 0 Å². The molecule has 0 aromatic rings. The fourth-order valence-electron chi connectivity index (χ4n) is 2.08. The molecule has 0 heterocycles. The second-order valence-electron chi connectivity index (χ2n) is 4.41. The van der Waals surface area contributed by atoms with Crippen LogP contribution in [0.2, 0.25) is 18.9 Å². The second kappa shape index (κ2) is 6.10. The molecule has 0 radical (unpaired) electrons. The van der Waals surface area contributed by atoms with E-state index in [9.17, 15) is 0 Å². The van der Waals surface area contributed by atoms with Gasteiger partial charge in [-0.1, -0.05) is 0 Å². The Morgan fingerprint density at radius 3 is 1.20 bits per heavy atom. The Morgan fingerprint density at radius 2 is 0.933 bits per heavy atom. The molecule has 0 aliphatic heterocycles. The number of allylic oxidation sites excluding steroid dienone is 8. The van der Waals surface area contributed by atoms with Crippen LogP contribution in [-0.4, -0.2) is 0 Å². The summed E-state index contributed by atoms with van der Waals surface area (Å²) in [5.41, 5.74) is 0. The van der Waals surface area contributed by atoms with E-state index in [-0.39, 0.29) is 24.8 Å². The molecule has 0 nitrogen and oxygen atoms in total. The minimum absolute atomic E-state index is 0. The Kier molecular flexibility index (Phi) is 6.21. The van der Waals surface area contributed by atoms with Crippen LogP contribution < -0.4 is 24.8 Å². The number of halogens is 2.